The minimum Gasteiger partial charge on any atom is -0.497 e. The minimum atomic E-state index is -0.316. The molecule has 2 amide bonds. The summed E-state index contributed by atoms with van der Waals surface area (Å²) in [6.07, 6.45) is 4.66. The molecule has 7 heteroatoms. The Labute approximate surface area is 146 Å². The Bertz CT molecular complexity index is 730. The molecule has 132 valence electrons. The third kappa shape index (κ3) is 4.17. The Balaban J connectivity index is 1.50. The number of aryl methyl sites for hydroxylation is 1. The fourth-order valence-electron chi connectivity index (χ4n) is 2.94. The van der Waals surface area contributed by atoms with Crippen LogP contribution < -0.4 is 15.0 Å². The van der Waals surface area contributed by atoms with Crippen LogP contribution in [0.1, 0.15) is 12.8 Å². The van der Waals surface area contributed by atoms with Crippen LogP contribution in [0.15, 0.2) is 42.7 Å². The molecular weight excluding hydrogens is 320 g/mol. The highest BCUT2D eigenvalue weighted by molar-refractivity contribution is 6.00. The van der Waals surface area contributed by atoms with Crippen molar-refractivity contribution in [1.29, 1.82) is 0 Å². The van der Waals surface area contributed by atoms with Gasteiger partial charge >= 0.3 is 0 Å². The van der Waals surface area contributed by atoms with Gasteiger partial charge in [-0.2, -0.15) is 5.10 Å². The van der Waals surface area contributed by atoms with Gasteiger partial charge in [-0.1, -0.05) is 6.07 Å². The normalized spacial score (nSPS) is 16.9. The number of nitrogens with zero attached hydrogens (tertiary/aromatic N) is 3. The third-order valence-corrected chi connectivity index (χ3v) is 4.28. The molecule has 1 aromatic carbocycles. The fraction of sp³-hybridized carbons (Fsp3) is 0.389. The van der Waals surface area contributed by atoms with Gasteiger partial charge in [-0.25, -0.2) is 0 Å². The molecule has 1 aliphatic heterocycles. The second-order valence-corrected chi connectivity index (χ2v) is 6.02. The number of benzene rings is 1. The second-order valence-electron chi connectivity index (χ2n) is 6.02. The van der Waals surface area contributed by atoms with Crippen LogP contribution in [0.25, 0.3) is 0 Å². The summed E-state index contributed by atoms with van der Waals surface area (Å²) < 4.78 is 7.02. The summed E-state index contributed by atoms with van der Waals surface area (Å²) in [4.78, 5) is 26.2. The van der Waals surface area contributed by atoms with Gasteiger partial charge in [0.2, 0.25) is 11.8 Å². The van der Waals surface area contributed by atoms with Crippen molar-refractivity contribution < 1.29 is 14.3 Å². The lowest BCUT2D eigenvalue weighted by atomic mass is 10.1. The van der Waals surface area contributed by atoms with Gasteiger partial charge in [0.05, 0.1) is 13.0 Å². The second kappa shape index (κ2) is 7.83. The zero-order chi connectivity index (χ0) is 17.6. The first-order chi connectivity index (χ1) is 12.2. The Morgan fingerprint density at radius 1 is 1.40 bits per heavy atom. The van der Waals surface area contributed by atoms with Crippen molar-refractivity contribution in [2.45, 2.75) is 19.4 Å². The van der Waals surface area contributed by atoms with Crippen LogP contribution in [-0.4, -0.2) is 41.8 Å². The molecule has 7 nitrogen and oxygen atoms in total. The lowest BCUT2D eigenvalue weighted by Crippen LogP contribution is -2.33. The minimum absolute atomic E-state index is 0.0371. The number of rotatable bonds is 7. The van der Waals surface area contributed by atoms with Crippen LogP contribution >= 0.6 is 0 Å². The Kier molecular flexibility index (Phi) is 5.33. The Morgan fingerprint density at radius 2 is 2.28 bits per heavy atom. The van der Waals surface area contributed by atoms with E-state index in [0.717, 1.165) is 18.7 Å². The van der Waals surface area contributed by atoms with Crippen LogP contribution in [0.2, 0.25) is 0 Å². The van der Waals surface area contributed by atoms with E-state index in [1.807, 2.05) is 41.2 Å². The molecule has 1 atom stereocenters. The molecule has 0 aliphatic carbocycles. The predicted molar refractivity (Wildman–Crippen MR) is 93.3 cm³/mol. The van der Waals surface area contributed by atoms with E-state index in [4.69, 9.17) is 4.74 Å². The first-order valence-corrected chi connectivity index (χ1v) is 8.37. The monoisotopic (exact) mass is 342 g/mol. The van der Waals surface area contributed by atoms with E-state index in [1.54, 1.807) is 18.2 Å². The molecule has 3 rings (SSSR count). The number of hydrogen-bond acceptors (Lipinski definition) is 4. The van der Waals surface area contributed by atoms with Crippen molar-refractivity contribution in [2.24, 2.45) is 5.92 Å². The van der Waals surface area contributed by atoms with Crippen LogP contribution in [0, 0.1) is 5.92 Å². The van der Waals surface area contributed by atoms with Crippen molar-refractivity contribution in [1.82, 2.24) is 15.1 Å². The molecule has 1 N–H and O–H groups in total. The number of carbonyl (C=O) groups excluding carboxylic acids is 2. The molecule has 1 fully saturated rings. The lowest BCUT2D eigenvalue weighted by molar-refractivity contribution is -0.126. The van der Waals surface area contributed by atoms with Gasteiger partial charge in [0.1, 0.15) is 5.75 Å². The molecule has 1 aromatic heterocycles. The van der Waals surface area contributed by atoms with Crippen LogP contribution in [-0.2, 0) is 16.1 Å². The number of amides is 2. The van der Waals surface area contributed by atoms with Crippen molar-refractivity contribution in [3.63, 3.8) is 0 Å². The number of methoxy groups -OCH3 is 1. The van der Waals surface area contributed by atoms with Gasteiger partial charge in [0.25, 0.3) is 0 Å². The van der Waals surface area contributed by atoms with Gasteiger partial charge in [-0.05, 0) is 24.6 Å². The van der Waals surface area contributed by atoms with Crippen molar-refractivity contribution >= 4 is 17.5 Å². The molecule has 0 spiro atoms. The Morgan fingerprint density at radius 3 is 3.04 bits per heavy atom. The van der Waals surface area contributed by atoms with E-state index in [1.165, 1.54) is 0 Å². The van der Waals surface area contributed by atoms with Gasteiger partial charge in [0.15, 0.2) is 0 Å². The molecule has 25 heavy (non-hydrogen) atoms. The molecule has 1 aliphatic rings. The maximum Gasteiger partial charge on any atom is 0.227 e. The molecule has 2 aromatic rings. The highest BCUT2D eigenvalue weighted by Crippen LogP contribution is 2.27. The van der Waals surface area contributed by atoms with Gasteiger partial charge < -0.3 is 15.0 Å². The van der Waals surface area contributed by atoms with Gasteiger partial charge in [-0.15, -0.1) is 0 Å². The SMILES string of the molecule is COc1cccc(N2C[C@@H](C(=O)NCCCn3cccn3)CC2=O)c1. The van der Waals surface area contributed by atoms with Gasteiger partial charge in [-0.3, -0.25) is 14.3 Å². The highest BCUT2D eigenvalue weighted by atomic mass is 16.5. The van der Waals surface area contributed by atoms with E-state index < -0.39 is 0 Å². The summed E-state index contributed by atoms with van der Waals surface area (Å²) in [6.45, 7) is 1.73. The highest BCUT2D eigenvalue weighted by Gasteiger charge is 2.35. The average Bonchev–Trinajstić information content (AvgIpc) is 3.28. The quantitative estimate of drug-likeness (QED) is 0.773. The number of ether oxygens (including phenoxy) is 1. The topological polar surface area (TPSA) is 76.5 Å². The van der Waals surface area contributed by atoms with Crippen molar-refractivity contribution in [3.05, 3.63) is 42.7 Å². The predicted octanol–water partition coefficient (Wildman–Crippen LogP) is 1.45. The number of hydrogen-bond donors (Lipinski definition) is 1. The Hall–Kier alpha value is -2.83. The van der Waals surface area contributed by atoms with Crippen molar-refractivity contribution in [3.8, 4) is 5.75 Å². The number of aromatic nitrogens is 2. The summed E-state index contributed by atoms with van der Waals surface area (Å²) >= 11 is 0. The van der Waals surface area contributed by atoms with Crippen LogP contribution in [0.3, 0.4) is 0 Å². The number of nitrogens with one attached hydrogen (secondary N) is 1. The molecule has 0 radical (unpaired) electrons. The standard InChI is InChI=1S/C18H22N4O3/c1-25-16-6-2-5-15(12-16)22-13-14(11-17(22)23)18(24)19-7-3-9-21-10-4-8-20-21/h2,4-6,8,10,12,14H,3,7,9,11,13H2,1H3,(H,19,24)/t14-/m0/s1. The maximum absolute atomic E-state index is 12.3. The molecule has 0 unspecified atom stereocenters. The third-order valence-electron chi connectivity index (χ3n) is 4.28. The van der Waals surface area contributed by atoms with Crippen LogP contribution in [0.4, 0.5) is 5.69 Å². The average molecular weight is 342 g/mol. The molecule has 2 heterocycles. The molecule has 0 bridgehead atoms. The van der Waals surface area contributed by atoms with Gasteiger partial charge in [0, 0.05) is 50.2 Å². The number of carbonyl (C=O) groups is 2. The molecule has 0 saturated carbocycles. The summed E-state index contributed by atoms with van der Waals surface area (Å²) in [6, 6.07) is 9.20. The zero-order valence-corrected chi connectivity index (χ0v) is 14.2. The van der Waals surface area contributed by atoms with E-state index in [2.05, 4.69) is 10.4 Å². The first kappa shape index (κ1) is 17.0. The van der Waals surface area contributed by atoms with E-state index in [0.29, 0.717) is 18.8 Å². The summed E-state index contributed by atoms with van der Waals surface area (Å²) in [5.41, 5.74) is 0.762. The molecular formula is C18H22N4O3. The smallest absolute Gasteiger partial charge is 0.227 e. The largest absolute Gasteiger partial charge is 0.497 e. The summed E-state index contributed by atoms with van der Waals surface area (Å²) in [7, 11) is 1.59. The van der Waals surface area contributed by atoms with Crippen LogP contribution in [0.5, 0.6) is 5.75 Å². The van der Waals surface area contributed by atoms with Crippen molar-refractivity contribution in [2.75, 3.05) is 25.1 Å². The fourth-order valence-corrected chi connectivity index (χ4v) is 2.94. The van der Waals surface area contributed by atoms with E-state index in [9.17, 15) is 9.59 Å². The van der Waals surface area contributed by atoms with E-state index in [-0.39, 0.29) is 24.2 Å². The summed E-state index contributed by atoms with van der Waals surface area (Å²) in [5, 5.41) is 7.04. The first-order valence-electron chi connectivity index (χ1n) is 8.37. The van der Waals surface area contributed by atoms with E-state index >= 15 is 0 Å². The lowest BCUT2D eigenvalue weighted by Gasteiger charge is -2.17. The molecule has 1 saturated heterocycles. The zero-order valence-electron chi connectivity index (χ0n) is 14.2. The number of anilines is 1. The maximum atomic E-state index is 12.3. The summed E-state index contributed by atoms with van der Waals surface area (Å²) in [5.74, 6) is 0.268.